The molecule has 5 heavy (non-hydrogen) atoms. The van der Waals surface area contributed by atoms with Crippen LogP contribution >= 0.6 is 11.9 Å². The predicted molar refractivity (Wildman–Crippen MR) is 23.9 cm³/mol. The van der Waals surface area contributed by atoms with Crippen LogP contribution in [0.5, 0.6) is 0 Å². The highest BCUT2D eigenvalue weighted by Crippen LogP contribution is 1.38. The van der Waals surface area contributed by atoms with Gasteiger partial charge in [0.2, 0.25) is 0 Å². The van der Waals surface area contributed by atoms with Crippen LogP contribution < -0.4 is 0 Å². The Bertz CT molecular complexity index is 14.4. The minimum absolute atomic E-state index is 1.75. The molecular weight excluding hydrogens is 87.5 g/mol. The second-order valence-electron chi connectivity index (χ2n) is 0.408. The van der Waals surface area contributed by atoms with Gasteiger partial charge in [-0.1, -0.05) is 6.08 Å². The molecule has 0 rings (SSSR count). The third-order valence-electron chi connectivity index (χ3n) is 0. The molecule has 32 valence electrons. The SMILES string of the molecule is C=CC.OCl. The third-order valence-corrected chi connectivity index (χ3v) is 0. The molecule has 1 nitrogen and oxygen atoms in total. The number of hydrogen-bond acceptors (Lipinski definition) is 1. The monoisotopic (exact) mass is 94.0 g/mol. The predicted octanol–water partition coefficient (Wildman–Crippen LogP) is 1.32. The van der Waals surface area contributed by atoms with Gasteiger partial charge in [-0.25, -0.2) is 0 Å². The first-order chi connectivity index (χ1) is 2.41. The van der Waals surface area contributed by atoms with E-state index in [1.807, 2.05) is 6.92 Å². The first-order valence-electron chi connectivity index (χ1n) is 1.15. The van der Waals surface area contributed by atoms with Crippen molar-refractivity contribution in [2.45, 2.75) is 6.92 Å². The van der Waals surface area contributed by atoms with Crippen molar-refractivity contribution in [1.82, 2.24) is 0 Å². The molecule has 0 amide bonds. The highest BCUT2D eigenvalue weighted by atomic mass is 35.5. The summed E-state index contributed by atoms with van der Waals surface area (Å²) in [6.45, 7) is 5.25. The lowest BCUT2D eigenvalue weighted by Gasteiger charge is -1.31. The van der Waals surface area contributed by atoms with Gasteiger partial charge in [0, 0.05) is 0 Å². The second-order valence-corrected chi connectivity index (χ2v) is 0.408. The topological polar surface area (TPSA) is 20.2 Å². The maximum absolute atomic E-state index is 6.47. The van der Waals surface area contributed by atoms with Gasteiger partial charge >= 0.3 is 0 Å². The van der Waals surface area contributed by atoms with Crippen molar-refractivity contribution in [2.75, 3.05) is 0 Å². The van der Waals surface area contributed by atoms with E-state index in [0.29, 0.717) is 0 Å². The Kier molecular flexibility index (Phi) is 64.7. The van der Waals surface area contributed by atoms with E-state index < -0.39 is 0 Å². The van der Waals surface area contributed by atoms with Crippen LogP contribution in [0.2, 0.25) is 0 Å². The van der Waals surface area contributed by atoms with E-state index in [-0.39, 0.29) is 0 Å². The summed E-state index contributed by atoms with van der Waals surface area (Å²) in [4.78, 5) is 0. The fraction of sp³-hybridized carbons (Fsp3) is 0.333. The van der Waals surface area contributed by atoms with Gasteiger partial charge in [0.15, 0.2) is 0 Å². The van der Waals surface area contributed by atoms with Crippen molar-refractivity contribution in [2.24, 2.45) is 0 Å². The summed E-state index contributed by atoms with van der Waals surface area (Å²) in [6.07, 6.45) is 1.75. The van der Waals surface area contributed by atoms with Gasteiger partial charge in [0.1, 0.15) is 0 Å². The summed E-state index contributed by atoms with van der Waals surface area (Å²) in [5.74, 6) is 0. The number of rotatable bonds is 0. The molecule has 2 heteroatoms. The molecule has 0 saturated heterocycles. The van der Waals surface area contributed by atoms with Crippen molar-refractivity contribution < 1.29 is 4.66 Å². The van der Waals surface area contributed by atoms with Gasteiger partial charge in [-0.15, -0.1) is 6.58 Å². The molecule has 1 N–H and O–H groups in total. The third kappa shape index (κ3) is 158000. The minimum Gasteiger partial charge on any atom is -0.295 e. The van der Waals surface area contributed by atoms with E-state index in [1.165, 1.54) is 0 Å². The van der Waals surface area contributed by atoms with Gasteiger partial charge in [-0.3, -0.25) is 4.66 Å². The average Bonchev–Trinajstić information content (AvgIpc) is 1.46. The quantitative estimate of drug-likeness (QED) is 0.449. The Morgan fingerprint density at radius 3 is 1.80 bits per heavy atom. The van der Waals surface area contributed by atoms with Gasteiger partial charge in [-0.2, -0.15) is 0 Å². The Balaban J connectivity index is 0. The Morgan fingerprint density at radius 1 is 1.80 bits per heavy atom. The maximum atomic E-state index is 6.47. The zero-order valence-electron chi connectivity index (χ0n) is 3.11. The van der Waals surface area contributed by atoms with Gasteiger partial charge in [-0.05, 0) is 6.92 Å². The molecular formula is C3H7ClO. The highest BCUT2D eigenvalue weighted by molar-refractivity contribution is 6.04. The van der Waals surface area contributed by atoms with Crippen molar-refractivity contribution in [3.63, 3.8) is 0 Å². The van der Waals surface area contributed by atoms with Crippen LogP contribution in [-0.2, 0) is 0 Å². The first kappa shape index (κ1) is 8.89. The Labute approximate surface area is 37.1 Å². The van der Waals surface area contributed by atoms with E-state index in [2.05, 4.69) is 18.4 Å². The molecule has 0 aromatic rings. The van der Waals surface area contributed by atoms with E-state index >= 15 is 0 Å². The lowest BCUT2D eigenvalue weighted by molar-refractivity contribution is 0.632. The zero-order chi connectivity index (χ0) is 4.71. The fourth-order valence-electron chi connectivity index (χ4n) is 0. The molecule has 0 aliphatic rings. The lowest BCUT2D eigenvalue weighted by Crippen LogP contribution is -1.07. The lowest BCUT2D eigenvalue weighted by atomic mass is 10.8. The standard InChI is InChI=1S/C3H6.ClHO/c1-3-2;1-2/h3H,1H2,2H3;2H. The molecule has 0 aromatic carbocycles. The molecule has 0 spiro atoms. The van der Waals surface area contributed by atoms with Gasteiger partial charge < -0.3 is 0 Å². The largest absolute Gasteiger partial charge is 0.295 e. The van der Waals surface area contributed by atoms with Crippen LogP contribution in [0, 0.1) is 0 Å². The van der Waals surface area contributed by atoms with Gasteiger partial charge in [0.25, 0.3) is 0 Å². The van der Waals surface area contributed by atoms with Crippen LogP contribution in [0.3, 0.4) is 0 Å². The molecule has 0 atom stereocenters. The normalized spacial score (nSPS) is 3.80. The van der Waals surface area contributed by atoms with Crippen molar-refractivity contribution >= 4 is 11.9 Å². The molecule has 0 heterocycles. The smallest absolute Gasteiger partial charge is 0.0579 e. The van der Waals surface area contributed by atoms with Crippen LogP contribution in [0.25, 0.3) is 0 Å². The molecule has 0 fully saturated rings. The average molecular weight is 94.5 g/mol. The van der Waals surface area contributed by atoms with Crippen molar-refractivity contribution in [1.29, 1.82) is 0 Å². The van der Waals surface area contributed by atoms with Crippen molar-refractivity contribution in [3.05, 3.63) is 12.7 Å². The molecule has 0 radical (unpaired) electrons. The molecule has 0 aliphatic carbocycles. The number of hydrogen-bond donors (Lipinski definition) is 1. The van der Waals surface area contributed by atoms with Gasteiger partial charge in [0.05, 0.1) is 11.9 Å². The fourth-order valence-corrected chi connectivity index (χ4v) is 0. The molecule has 0 bridgehead atoms. The summed E-state index contributed by atoms with van der Waals surface area (Å²) in [7, 11) is 0. The molecule has 0 aliphatic heterocycles. The van der Waals surface area contributed by atoms with Crippen LogP contribution in [-0.4, -0.2) is 4.66 Å². The zero-order valence-corrected chi connectivity index (χ0v) is 3.87. The van der Waals surface area contributed by atoms with Crippen molar-refractivity contribution in [3.8, 4) is 0 Å². The summed E-state index contributed by atoms with van der Waals surface area (Å²) < 4.78 is 6.47. The molecule has 0 unspecified atom stereocenters. The summed E-state index contributed by atoms with van der Waals surface area (Å²) >= 11 is 3.64. The summed E-state index contributed by atoms with van der Waals surface area (Å²) in [5, 5.41) is 0. The van der Waals surface area contributed by atoms with E-state index in [4.69, 9.17) is 4.66 Å². The molecule has 0 aromatic heterocycles. The Hall–Kier alpha value is -0.0100. The number of allylic oxidation sites excluding steroid dienone is 1. The second kappa shape index (κ2) is 36.4. The van der Waals surface area contributed by atoms with Crippen LogP contribution in [0.15, 0.2) is 12.7 Å². The first-order valence-corrected chi connectivity index (χ1v) is 1.49. The maximum Gasteiger partial charge on any atom is 0.0579 e. The minimum atomic E-state index is 1.75. The number of halogens is 1. The highest BCUT2D eigenvalue weighted by Gasteiger charge is 1.15. The van der Waals surface area contributed by atoms with E-state index in [9.17, 15) is 0 Å². The summed E-state index contributed by atoms with van der Waals surface area (Å²) in [6, 6.07) is 0. The van der Waals surface area contributed by atoms with E-state index in [0.717, 1.165) is 0 Å². The molecule has 0 saturated carbocycles. The van der Waals surface area contributed by atoms with E-state index in [1.54, 1.807) is 6.08 Å². The summed E-state index contributed by atoms with van der Waals surface area (Å²) in [5.41, 5.74) is 0. The van der Waals surface area contributed by atoms with Crippen LogP contribution in [0.4, 0.5) is 0 Å². The van der Waals surface area contributed by atoms with Crippen LogP contribution in [0.1, 0.15) is 6.92 Å². The Morgan fingerprint density at radius 2 is 1.80 bits per heavy atom.